The lowest BCUT2D eigenvalue weighted by Crippen LogP contribution is -2.21. The maximum absolute atomic E-state index is 12.7. The van der Waals surface area contributed by atoms with Gasteiger partial charge in [-0.25, -0.2) is 9.78 Å². The molecule has 2 aromatic heterocycles. The summed E-state index contributed by atoms with van der Waals surface area (Å²) in [5.74, 6) is -0.344. The Bertz CT molecular complexity index is 1020. The van der Waals surface area contributed by atoms with Crippen molar-refractivity contribution in [1.82, 2.24) is 19.7 Å². The molecule has 3 aromatic rings. The standard InChI is InChI=1S/C19H20N4O3/c1-11-6-8-12(9-7-11)13-4-3-5-14(13)26-19(25)16-15-17(23(2)22-16)18(24)21-10-20-15/h6-10,13-14H,3-5H2,1-2H3,(H,20,21,24). The highest BCUT2D eigenvalue weighted by Gasteiger charge is 2.33. The SMILES string of the molecule is Cc1ccc(C2CCCC2OC(=O)c2nn(C)c3c(=O)[nH]cnc23)cc1. The maximum atomic E-state index is 12.7. The fraction of sp³-hybridized carbons (Fsp3) is 0.368. The van der Waals surface area contributed by atoms with Gasteiger partial charge in [-0.15, -0.1) is 0 Å². The van der Waals surface area contributed by atoms with Gasteiger partial charge in [-0.3, -0.25) is 9.48 Å². The Balaban J connectivity index is 1.61. The van der Waals surface area contributed by atoms with Gasteiger partial charge in [0, 0.05) is 13.0 Å². The first kappa shape index (κ1) is 16.5. The molecule has 2 unspecified atom stereocenters. The van der Waals surface area contributed by atoms with E-state index in [-0.39, 0.29) is 34.3 Å². The van der Waals surface area contributed by atoms with Crippen LogP contribution in [0.3, 0.4) is 0 Å². The summed E-state index contributed by atoms with van der Waals surface area (Å²) < 4.78 is 7.15. The third-order valence-corrected chi connectivity index (χ3v) is 5.04. The fourth-order valence-corrected chi connectivity index (χ4v) is 3.71. The average molecular weight is 352 g/mol. The lowest BCUT2D eigenvalue weighted by Gasteiger charge is -2.20. The van der Waals surface area contributed by atoms with E-state index in [0.717, 1.165) is 19.3 Å². The first-order valence-corrected chi connectivity index (χ1v) is 8.72. The molecule has 7 heteroatoms. The molecule has 26 heavy (non-hydrogen) atoms. The van der Waals surface area contributed by atoms with Crippen molar-refractivity contribution in [3.05, 3.63) is 57.8 Å². The molecule has 134 valence electrons. The van der Waals surface area contributed by atoms with E-state index in [9.17, 15) is 9.59 Å². The van der Waals surface area contributed by atoms with Crippen molar-refractivity contribution >= 4 is 17.0 Å². The number of esters is 1. The number of ether oxygens (including phenoxy) is 1. The highest BCUT2D eigenvalue weighted by atomic mass is 16.5. The summed E-state index contributed by atoms with van der Waals surface area (Å²) in [4.78, 5) is 31.3. The molecule has 0 radical (unpaired) electrons. The summed E-state index contributed by atoms with van der Waals surface area (Å²) in [7, 11) is 1.61. The number of carbonyl (C=O) groups excluding carboxylic acids is 1. The smallest absolute Gasteiger partial charge is 0.361 e. The highest BCUT2D eigenvalue weighted by Crippen LogP contribution is 2.37. The van der Waals surface area contributed by atoms with Crippen LogP contribution in [0, 0.1) is 6.92 Å². The Morgan fingerprint density at radius 3 is 2.81 bits per heavy atom. The van der Waals surface area contributed by atoms with Crippen LogP contribution in [0.5, 0.6) is 0 Å². The van der Waals surface area contributed by atoms with Crippen LogP contribution in [0.4, 0.5) is 0 Å². The lowest BCUT2D eigenvalue weighted by atomic mass is 9.95. The largest absolute Gasteiger partial charge is 0.457 e. The van der Waals surface area contributed by atoms with Crippen LogP contribution in [0.1, 0.15) is 46.8 Å². The molecule has 1 aromatic carbocycles. The predicted octanol–water partition coefficient (Wildman–Crippen LogP) is 2.46. The number of fused-ring (bicyclic) bond motifs is 1. The number of hydrogen-bond donors (Lipinski definition) is 1. The molecule has 1 N–H and O–H groups in total. The molecule has 4 rings (SSSR count). The van der Waals surface area contributed by atoms with Gasteiger partial charge in [0.2, 0.25) is 0 Å². The van der Waals surface area contributed by atoms with Gasteiger partial charge in [0.05, 0.1) is 6.33 Å². The molecular weight excluding hydrogens is 332 g/mol. The van der Waals surface area contributed by atoms with Crippen molar-refractivity contribution in [1.29, 1.82) is 0 Å². The molecule has 1 fully saturated rings. The number of H-pyrrole nitrogens is 1. The highest BCUT2D eigenvalue weighted by molar-refractivity contribution is 6.00. The molecule has 2 heterocycles. The zero-order chi connectivity index (χ0) is 18.3. The van der Waals surface area contributed by atoms with Crippen LogP contribution in [0.2, 0.25) is 0 Å². The summed E-state index contributed by atoms with van der Waals surface area (Å²) in [6.45, 7) is 2.05. The number of hydrogen-bond acceptors (Lipinski definition) is 5. The van der Waals surface area contributed by atoms with Crippen LogP contribution in [-0.2, 0) is 11.8 Å². The minimum atomic E-state index is -0.530. The third kappa shape index (κ3) is 2.79. The molecule has 7 nitrogen and oxygen atoms in total. The summed E-state index contributed by atoms with van der Waals surface area (Å²) in [5.41, 5.74) is 2.68. The number of aryl methyl sites for hydroxylation is 2. The van der Waals surface area contributed by atoms with E-state index in [2.05, 4.69) is 46.3 Å². The number of nitrogens with one attached hydrogen (secondary N) is 1. The van der Waals surface area contributed by atoms with E-state index in [1.54, 1.807) is 7.05 Å². The topological polar surface area (TPSA) is 89.9 Å². The van der Waals surface area contributed by atoms with Crippen molar-refractivity contribution in [2.45, 2.75) is 38.2 Å². The fourth-order valence-electron chi connectivity index (χ4n) is 3.71. The Morgan fingerprint density at radius 1 is 1.27 bits per heavy atom. The molecule has 0 aliphatic heterocycles. The minimum absolute atomic E-state index is 0.0863. The van der Waals surface area contributed by atoms with Gasteiger partial charge in [0.1, 0.15) is 11.6 Å². The molecule has 0 spiro atoms. The van der Waals surface area contributed by atoms with E-state index in [4.69, 9.17) is 4.74 Å². The predicted molar refractivity (Wildman–Crippen MR) is 96.1 cm³/mol. The molecule has 0 amide bonds. The summed E-state index contributed by atoms with van der Waals surface area (Å²) >= 11 is 0. The Hall–Kier alpha value is -2.96. The van der Waals surface area contributed by atoms with Crippen molar-refractivity contribution in [2.24, 2.45) is 7.05 Å². The van der Waals surface area contributed by atoms with Crippen molar-refractivity contribution in [3.8, 4) is 0 Å². The van der Waals surface area contributed by atoms with Gasteiger partial charge in [-0.05, 0) is 31.7 Å². The Kier molecular flexibility index (Phi) is 4.06. The zero-order valence-electron chi connectivity index (χ0n) is 14.7. The molecule has 1 saturated carbocycles. The molecule has 1 aliphatic rings. The second-order valence-electron chi connectivity index (χ2n) is 6.79. The van der Waals surface area contributed by atoms with Gasteiger partial charge >= 0.3 is 5.97 Å². The number of aromatic nitrogens is 4. The van der Waals surface area contributed by atoms with Gasteiger partial charge in [0.15, 0.2) is 11.2 Å². The number of carbonyl (C=O) groups is 1. The molecule has 0 saturated heterocycles. The van der Waals surface area contributed by atoms with Crippen molar-refractivity contribution in [2.75, 3.05) is 0 Å². The van der Waals surface area contributed by atoms with Crippen LogP contribution in [0.25, 0.3) is 11.0 Å². The number of rotatable bonds is 3. The van der Waals surface area contributed by atoms with Gasteiger partial charge in [-0.1, -0.05) is 29.8 Å². The number of nitrogens with zero attached hydrogens (tertiary/aromatic N) is 3. The maximum Gasteiger partial charge on any atom is 0.361 e. The van der Waals surface area contributed by atoms with Crippen LogP contribution in [-0.4, -0.2) is 31.8 Å². The first-order chi connectivity index (χ1) is 12.5. The van der Waals surface area contributed by atoms with E-state index in [0.29, 0.717) is 0 Å². The normalized spacial score (nSPS) is 19.8. The Morgan fingerprint density at radius 2 is 2.04 bits per heavy atom. The molecule has 2 atom stereocenters. The van der Waals surface area contributed by atoms with Crippen molar-refractivity contribution in [3.63, 3.8) is 0 Å². The van der Waals surface area contributed by atoms with Gasteiger partial charge in [0.25, 0.3) is 5.56 Å². The van der Waals surface area contributed by atoms with Crippen LogP contribution in [0.15, 0.2) is 35.4 Å². The molecule has 0 bridgehead atoms. The van der Waals surface area contributed by atoms with E-state index in [1.165, 1.54) is 22.1 Å². The second kappa shape index (κ2) is 6.40. The van der Waals surface area contributed by atoms with Crippen LogP contribution < -0.4 is 5.56 Å². The number of benzene rings is 1. The number of aromatic amines is 1. The van der Waals surface area contributed by atoms with E-state index < -0.39 is 5.97 Å². The lowest BCUT2D eigenvalue weighted by molar-refractivity contribution is 0.0273. The first-order valence-electron chi connectivity index (χ1n) is 8.72. The third-order valence-electron chi connectivity index (χ3n) is 5.04. The van der Waals surface area contributed by atoms with Gasteiger partial charge < -0.3 is 9.72 Å². The Labute approximate surface area is 150 Å². The van der Waals surface area contributed by atoms with Crippen molar-refractivity contribution < 1.29 is 9.53 Å². The van der Waals surface area contributed by atoms with E-state index >= 15 is 0 Å². The molecule has 1 aliphatic carbocycles. The zero-order valence-corrected chi connectivity index (χ0v) is 14.7. The summed E-state index contributed by atoms with van der Waals surface area (Å²) in [6.07, 6.45) is 3.90. The summed E-state index contributed by atoms with van der Waals surface area (Å²) in [5, 5.41) is 4.16. The van der Waals surface area contributed by atoms with Gasteiger partial charge in [-0.2, -0.15) is 5.10 Å². The molecular formula is C19H20N4O3. The minimum Gasteiger partial charge on any atom is -0.457 e. The van der Waals surface area contributed by atoms with E-state index in [1.807, 2.05) is 0 Å². The quantitative estimate of drug-likeness (QED) is 0.731. The summed E-state index contributed by atoms with van der Waals surface area (Å²) in [6, 6.07) is 8.36. The average Bonchev–Trinajstić information content (AvgIpc) is 3.21. The second-order valence-corrected chi connectivity index (χ2v) is 6.79. The van der Waals surface area contributed by atoms with Crippen LogP contribution >= 0.6 is 0 Å². The monoisotopic (exact) mass is 352 g/mol.